The van der Waals surface area contributed by atoms with Gasteiger partial charge in [-0.3, -0.25) is 0 Å². The lowest BCUT2D eigenvalue weighted by Crippen LogP contribution is -2.24. The highest BCUT2D eigenvalue weighted by Crippen LogP contribution is 2.43. The number of alkyl halides is 4. The van der Waals surface area contributed by atoms with Gasteiger partial charge in [0.15, 0.2) is 0 Å². The smallest absolute Gasteiger partial charge is 0.370 e. The fourth-order valence-corrected chi connectivity index (χ4v) is 3.95. The van der Waals surface area contributed by atoms with Crippen LogP contribution in [0.5, 0.6) is 0 Å². The number of hydrogen-bond acceptors (Lipinski definition) is 1. The van der Waals surface area contributed by atoms with E-state index in [0.717, 1.165) is 13.1 Å². The van der Waals surface area contributed by atoms with Crippen molar-refractivity contribution in [2.24, 2.45) is 11.8 Å². The summed E-state index contributed by atoms with van der Waals surface area (Å²) in [4.78, 5) is 1.94. The highest BCUT2D eigenvalue weighted by Gasteiger charge is 2.40. The van der Waals surface area contributed by atoms with Crippen LogP contribution in [-0.4, -0.2) is 13.1 Å². The molecule has 0 aromatic heterocycles. The third-order valence-corrected chi connectivity index (χ3v) is 5.24. The Kier molecular flexibility index (Phi) is 3.73. The average Bonchev–Trinajstić information content (AvgIpc) is 2.97. The van der Waals surface area contributed by atoms with Crippen molar-refractivity contribution in [1.29, 1.82) is 0 Å². The number of hydrogen-bond donors (Lipinski definition) is 0. The maximum atomic E-state index is 13.3. The maximum absolute atomic E-state index is 13.3. The number of nitrogens with zero attached hydrogens (tertiary/aromatic N) is 1. The molecule has 0 spiro atoms. The third-order valence-electron chi connectivity index (χ3n) is 4.59. The Morgan fingerprint density at radius 1 is 1.15 bits per heavy atom. The Morgan fingerprint density at radius 3 is 2.35 bits per heavy atom. The lowest BCUT2D eigenvalue weighted by Gasteiger charge is -2.24. The largest absolute Gasteiger partial charge is 0.418 e. The van der Waals surface area contributed by atoms with E-state index in [0.29, 0.717) is 28.4 Å². The van der Waals surface area contributed by atoms with Crippen molar-refractivity contribution in [3.8, 4) is 0 Å². The summed E-state index contributed by atoms with van der Waals surface area (Å²) in [6.45, 7) is 1.56. The first-order valence-electron chi connectivity index (χ1n) is 7.00. The fourth-order valence-electron chi connectivity index (χ4n) is 3.60. The number of anilines is 1. The molecule has 20 heavy (non-hydrogen) atoms. The van der Waals surface area contributed by atoms with Gasteiger partial charge in [-0.25, -0.2) is 0 Å². The molecule has 1 aromatic carbocycles. The van der Waals surface area contributed by atoms with E-state index in [1.807, 2.05) is 4.90 Å². The van der Waals surface area contributed by atoms with Crippen LogP contribution in [0.25, 0.3) is 0 Å². The highest BCUT2D eigenvalue weighted by atomic mass is 79.9. The van der Waals surface area contributed by atoms with Crippen LogP contribution in [0.4, 0.5) is 18.9 Å². The molecule has 2 unspecified atom stereocenters. The van der Waals surface area contributed by atoms with Crippen LogP contribution in [0.3, 0.4) is 0 Å². The molecule has 2 fully saturated rings. The standard InChI is InChI=1S/C15H17BrF3N/c16-7-10-4-5-14(13(6-10)15(17,18)19)20-8-11-2-1-3-12(11)9-20/h4-6,11-12H,1-3,7-9H2. The van der Waals surface area contributed by atoms with Crippen LogP contribution < -0.4 is 4.90 Å². The molecule has 1 aliphatic carbocycles. The summed E-state index contributed by atoms with van der Waals surface area (Å²) >= 11 is 3.22. The van der Waals surface area contributed by atoms with Gasteiger partial charge in [-0.2, -0.15) is 13.2 Å². The molecule has 1 aliphatic heterocycles. The zero-order valence-corrected chi connectivity index (χ0v) is 12.7. The predicted molar refractivity (Wildman–Crippen MR) is 77.1 cm³/mol. The molecule has 1 saturated carbocycles. The summed E-state index contributed by atoms with van der Waals surface area (Å²) in [6, 6.07) is 4.70. The van der Waals surface area contributed by atoms with Crippen molar-refractivity contribution in [3.63, 3.8) is 0 Å². The normalized spacial score (nSPS) is 26.1. The van der Waals surface area contributed by atoms with Gasteiger partial charge in [0.05, 0.1) is 5.56 Å². The second-order valence-electron chi connectivity index (χ2n) is 5.84. The Bertz CT molecular complexity index is 488. The van der Waals surface area contributed by atoms with Gasteiger partial charge in [-0.05, 0) is 42.4 Å². The van der Waals surface area contributed by atoms with Gasteiger partial charge in [0.25, 0.3) is 0 Å². The lowest BCUT2D eigenvalue weighted by atomic mass is 10.0. The molecular weight excluding hydrogens is 331 g/mol. The van der Waals surface area contributed by atoms with Crippen molar-refractivity contribution in [2.75, 3.05) is 18.0 Å². The predicted octanol–water partition coefficient (Wildman–Crippen LogP) is 4.84. The second kappa shape index (κ2) is 5.24. The van der Waals surface area contributed by atoms with Crippen molar-refractivity contribution in [3.05, 3.63) is 29.3 Å². The Balaban J connectivity index is 1.93. The van der Waals surface area contributed by atoms with Crippen molar-refractivity contribution >= 4 is 21.6 Å². The monoisotopic (exact) mass is 347 g/mol. The van der Waals surface area contributed by atoms with Crippen LogP contribution in [0.2, 0.25) is 0 Å². The molecule has 0 amide bonds. The zero-order chi connectivity index (χ0) is 14.3. The number of rotatable bonds is 2. The molecule has 1 aromatic rings. The van der Waals surface area contributed by atoms with E-state index < -0.39 is 11.7 Å². The Hall–Kier alpha value is -0.710. The molecular formula is C15H17BrF3N. The van der Waals surface area contributed by atoms with Crippen molar-refractivity contribution in [1.82, 2.24) is 0 Å². The van der Waals surface area contributed by atoms with Gasteiger partial charge < -0.3 is 4.90 Å². The zero-order valence-electron chi connectivity index (χ0n) is 11.1. The molecule has 1 heterocycles. The number of halogens is 4. The van der Waals surface area contributed by atoms with Crippen LogP contribution in [0.1, 0.15) is 30.4 Å². The molecule has 110 valence electrons. The highest BCUT2D eigenvalue weighted by molar-refractivity contribution is 9.08. The van der Waals surface area contributed by atoms with Crippen LogP contribution in [0.15, 0.2) is 18.2 Å². The first kappa shape index (κ1) is 14.2. The average molecular weight is 348 g/mol. The molecule has 1 saturated heterocycles. The fraction of sp³-hybridized carbons (Fsp3) is 0.600. The van der Waals surface area contributed by atoms with Crippen LogP contribution in [-0.2, 0) is 11.5 Å². The van der Waals surface area contributed by atoms with Gasteiger partial charge in [0.1, 0.15) is 0 Å². The molecule has 0 radical (unpaired) electrons. The minimum atomic E-state index is -4.29. The van der Waals surface area contributed by atoms with Crippen molar-refractivity contribution < 1.29 is 13.2 Å². The first-order valence-corrected chi connectivity index (χ1v) is 8.12. The maximum Gasteiger partial charge on any atom is 0.418 e. The Morgan fingerprint density at radius 2 is 1.80 bits per heavy atom. The van der Waals surface area contributed by atoms with E-state index >= 15 is 0 Å². The summed E-state index contributed by atoms with van der Waals surface area (Å²) in [5, 5.41) is 0.446. The van der Waals surface area contributed by atoms with Gasteiger partial charge in [0.2, 0.25) is 0 Å². The number of benzene rings is 1. The number of fused-ring (bicyclic) bond motifs is 1. The SMILES string of the molecule is FC(F)(F)c1cc(CBr)ccc1N1CC2CCCC2C1. The summed E-state index contributed by atoms with van der Waals surface area (Å²) in [6.07, 6.45) is -0.715. The van der Waals surface area contributed by atoms with E-state index in [-0.39, 0.29) is 0 Å². The summed E-state index contributed by atoms with van der Waals surface area (Å²) < 4.78 is 39.8. The van der Waals surface area contributed by atoms with Gasteiger partial charge in [0, 0.05) is 24.1 Å². The van der Waals surface area contributed by atoms with Gasteiger partial charge in [-0.1, -0.05) is 28.4 Å². The minimum absolute atomic E-state index is 0.358. The quantitative estimate of drug-likeness (QED) is 0.692. The van der Waals surface area contributed by atoms with E-state index in [9.17, 15) is 13.2 Å². The van der Waals surface area contributed by atoms with E-state index in [1.165, 1.54) is 25.3 Å². The van der Waals surface area contributed by atoms with Crippen LogP contribution >= 0.6 is 15.9 Å². The van der Waals surface area contributed by atoms with E-state index in [4.69, 9.17) is 0 Å². The van der Waals surface area contributed by atoms with Gasteiger partial charge in [-0.15, -0.1) is 0 Å². The third kappa shape index (κ3) is 2.57. The molecule has 1 nitrogen and oxygen atoms in total. The summed E-state index contributed by atoms with van der Waals surface area (Å²) in [5.41, 5.74) is 0.534. The van der Waals surface area contributed by atoms with Crippen LogP contribution in [0, 0.1) is 11.8 Å². The van der Waals surface area contributed by atoms with E-state index in [1.54, 1.807) is 12.1 Å². The first-order chi connectivity index (χ1) is 9.49. The topological polar surface area (TPSA) is 3.24 Å². The molecule has 2 aliphatic rings. The molecule has 0 N–H and O–H groups in total. The summed E-state index contributed by atoms with van der Waals surface area (Å²) in [7, 11) is 0. The van der Waals surface area contributed by atoms with Gasteiger partial charge >= 0.3 is 6.18 Å². The molecule has 0 bridgehead atoms. The lowest BCUT2D eigenvalue weighted by molar-refractivity contribution is -0.137. The summed E-state index contributed by atoms with van der Waals surface area (Å²) in [5.74, 6) is 1.18. The molecule has 5 heteroatoms. The molecule has 3 rings (SSSR count). The van der Waals surface area contributed by atoms with E-state index in [2.05, 4.69) is 15.9 Å². The minimum Gasteiger partial charge on any atom is -0.370 e. The Labute approximate surface area is 125 Å². The molecule has 2 atom stereocenters. The second-order valence-corrected chi connectivity index (χ2v) is 6.40. The van der Waals surface area contributed by atoms with Crippen molar-refractivity contribution in [2.45, 2.75) is 30.8 Å².